The normalized spacial score (nSPS) is 13.8. The highest BCUT2D eigenvalue weighted by Gasteiger charge is 2.21. The molecule has 1 aliphatic heterocycles. The average Bonchev–Trinajstić information content (AvgIpc) is 3.30. The van der Waals surface area contributed by atoms with Gasteiger partial charge in [0.2, 0.25) is 5.75 Å². The summed E-state index contributed by atoms with van der Waals surface area (Å²) in [5.74, 6) is 1.89. The molecule has 0 unspecified atom stereocenters. The highest BCUT2D eigenvalue weighted by atomic mass is 32.2. The van der Waals surface area contributed by atoms with Gasteiger partial charge in [0.15, 0.2) is 22.3 Å². The van der Waals surface area contributed by atoms with Crippen LogP contribution in [-0.4, -0.2) is 85.1 Å². The minimum Gasteiger partial charge on any atom is -0.493 e. The second-order valence-corrected chi connectivity index (χ2v) is 9.91. The van der Waals surface area contributed by atoms with Crippen LogP contribution >= 0.6 is 11.8 Å². The van der Waals surface area contributed by atoms with Gasteiger partial charge in [0.1, 0.15) is 5.82 Å². The molecule has 11 nitrogen and oxygen atoms in total. The number of ether oxygens (including phenoxy) is 4. The van der Waals surface area contributed by atoms with Gasteiger partial charge in [0.05, 0.1) is 52.7 Å². The van der Waals surface area contributed by atoms with Crippen molar-refractivity contribution in [1.29, 1.82) is 0 Å². The van der Waals surface area contributed by atoms with Crippen LogP contribution in [0.2, 0.25) is 0 Å². The van der Waals surface area contributed by atoms with Crippen molar-refractivity contribution in [3.8, 4) is 17.2 Å². The van der Waals surface area contributed by atoms with E-state index in [0.29, 0.717) is 59.5 Å². The Hall–Kier alpha value is -3.25. The first-order chi connectivity index (χ1) is 17.4. The van der Waals surface area contributed by atoms with Gasteiger partial charge in [-0.15, -0.1) is 0 Å². The van der Waals surface area contributed by atoms with Crippen LogP contribution in [0.3, 0.4) is 0 Å². The molecule has 1 amide bonds. The Bertz CT molecular complexity index is 1190. The maximum Gasteiger partial charge on any atom is 0.251 e. The Balaban J connectivity index is 1.53. The number of methoxy groups -OCH3 is 3. The number of thioether (sulfide) groups is 1. The molecule has 0 radical (unpaired) electrons. The average molecular weight is 517 g/mol. The van der Waals surface area contributed by atoms with Gasteiger partial charge in [-0.2, -0.15) is 5.10 Å². The molecule has 0 aliphatic carbocycles. The van der Waals surface area contributed by atoms with E-state index in [1.165, 1.54) is 21.3 Å². The number of nitrogens with zero attached hydrogens (tertiary/aromatic N) is 5. The Morgan fingerprint density at radius 1 is 1.11 bits per heavy atom. The third-order valence-corrected chi connectivity index (χ3v) is 6.51. The molecule has 194 valence electrons. The summed E-state index contributed by atoms with van der Waals surface area (Å²) in [6, 6.07) is 3.24. The number of fused-ring (bicyclic) bond motifs is 1. The van der Waals surface area contributed by atoms with Gasteiger partial charge in [0.25, 0.3) is 5.91 Å². The van der Waals surface area contributed by atoms with Crippen molar-refractivity contribution in [1.82, 2.24) is 25.1 Å². The standard InChI is InChI=1S/C24H32N6O5S/c1-15(2)36-24-27-21(29-8-10-35-11-9-29)17-14-26-30(22(17)28-24)7-6-25-23(31)16-12-18(32-3)20(34-5)19(13-16)33-4/h12-15H,6-11H2,1-5H3,(H,25,31). The Kier molecular flexibility index (Phi) is 8.36. The predicted molar refractivity (Wildman–Crippen MR) is 138 cm³/mol. The van der Waals surface area contributed by atoms with Gasteiger partial charge in [-0.05, 0) is 12.1 Å². The number of morpholine rings is 1. The topological polar surface area (TPSA) is 113 Å². The molecule has 0 spiro atoms. The van der Waals surface area contributed by atoms with E-state index < -0.39 is 0 Å². The summed E-state index contributed by atoms with van der Waals surface area (Å²) in [7, 11) is 4.55. The fourth-order valence-electron chi connectivity index (χ4n) is 3.95. The summed E-state index contributed by atoms with van der Waals surface area (Å²) in [6.45, 7) is 7.91. The number of nitrogens with one attached hydrogen (secondary N) is 1. The summed E-state index contributed by atoms with van der Waals surface area (Å²) in [5, 5.41) is 9.44. The molecule has 1 aliphatic rings. The zero-order valence-corrected chi connectivity index (χ0v) is 22.1. The third-order valence-electron chi connectivity index (χ3n) is 5.64. The zero-order valence-electron chi connectivity index (χ0n) is 21.2. The van der Waals surface area contributed by atoms with Crippen molar-refractivity contribution in [3.63, 3.8) is 0 Å². The van der Waals surface area contributed by atoms with E-state index >= 15 is 0 Å². The molecule has 1 aromatic carbocycles. The molecule has 1 N–H and O–H groups in total. The Labute approximate surface area is 214 Å². The molecule has 36 heavy (non-hydrogen) atoms. The van der Waals surface area contributed by atoms with Crippen LogP contribution in [0.5, 0.6) is 17.2 Å². The van der Waals surface area contributed by atoms with Crippen LogP contribution in [-0.2, 0) is 11.3 Å². The van der Waals surface area contributed by atoms with Gasteiger partial charge in [-0.3, -0.25) is 4.79 Å². The minimum atomic E-state index is -0.259. The summed E-state index contributed by atoms with van der Waals surface area (Å²) >= 11 is 1.61. The first-order valence-electron chi connectivity index (χ1n) is 11.8. The molecule has 1 saturated heterocycles. The van der Waals surface area contributed by atoms with Crippen molar-refractivity contribution >= 4 is 34.5 Å². The second kappa shape index (κ2) is 11.7. The SMILES string of the molecule is COc1cc(C(=O)NCCn2ncc3c(N4CCOCC4)nc(SC(C)C)nc32)cc(OC)c1OC. The fraction of sp³-hybridized carbons (Fsp3) is 0.500. The molecule has 0 bridgehead atoms. The van der Waals surface area contributed by atoms with Crippen molar-refractivity contribution in [2.24, 2.45) is 0 Å². The first kappa shape index (κ1) is 25.8. The maximum absolute atomic E-state index is 12.9. The van der Waals surface area contributed by atoms with Gasteiger partial charge in [0, 0.05) is 30.4 Å². The minimum absolute atomic E-state index is 0.259. The van der Waals surface area contributed by atoms with Crippen LogP contribution in [0.1, 0.15) is 24.2 Å². The third kappa shape index (κ3) is 5.59. The molecular weight excluding hydrogens is 484 g/mol. The number of amides is 1. The zero-order chi connectivity index (χ0) is 25.7. The number of rotatable bonds is 10. The lowest BCUT2D eigenvalue weighted by atomic mass is 10.1. The fourth-order valence-corrected chi connectivity index (χ4v) is 4.65. The van der Waals surface area contributed by atoms with E-state index in [9.17, 15) is 4.79 Å². The molecule has 0 atom stereocenters. The van der Waals surface area contributed by atoms with Crippen molar-refractivity contribution in [2.45, 2.75) is 30.8 Å². The van der Waals surface area contributed by atoms with Crippen LogP contribution in [0.4, 0.5) is 5.82 Å². The number of benzene rings is 1. The first-order valence-corrected chi connectivity index (χ1v) is 12.6. The number of hydrogen-bond acceptors (Lipinski definition) is 10. The summed E-state index contributed by atoms with van der Waals surface area (Å²) < 4.78 is 23.4. The predicted octanol–water partition coefficient (Wildman–Crippen LogP) is 2.62. The smallest absolute Gasteiger partial charge is 0.251 e. The van der Waals surface area contributed by atoms with Crippen molar-refractivity contribution in [3.05, 3.63) is 23.9 Å². The number of aromatic nitrogens is 4. The number of anilines is 1. The molecule has 1 fully saturated rings. The van der Waals surface area contributed by atoms with E-state index in [0.717, 1.165) is 29.9 Å². The Morgan fingerprint density at radius 3 is 2.42 bits per heavy atom. The van der Waals surface area contributed by atoms with Gasteiger partial charge >= 0.3 is 0 Å². The van der Waals surface area contributed by atoms with E-state index in [-0.39, 0.29) is 5.91 Å². The van der Waals surface area contributed by atoms with E-state index in [4.69, 9.17) is 28.9 Å². The number of carbonyl (C=O) groups excluding carboxylic acids is 1. The van der Waals surface area contributed by atoms with Gasteiger partial charge in [-0.1, -0.05) is 25.6 Å². The van der Waals surface area contributed by atoms with E-state index in [2.05, 4.69) is 29.2 Å². The number of carbonyl (C=O) groups is 1. The van der Waals surface area contributed by atoms with Crippen molar-refractivity contribution in [2.75, 3.05) is 59.1 Å². The largest absolute Gasteiger partial charge is 0.493 e. The van der Waals surface area contributed by atoms with E-state index in [1.807, 2.05) is 0 Å². The number of hydrogen-bond donors (Lipinski definition) is 1. The molecule has 12 heteroatoms. The summed E-state index contributed by atoms with van der Waals surface area (Å²) in [4.78, 5) is 24.7. The van der Waals surface area contributed by atoms with Crippen LogP contribution < -0.4 is 24.4 Å². The molecular formula is C24H32N6O5S. The lowest BCUT2D eigenvalue weighted by molar-refractivity contribution is 0.0951. The molecule has 0 saturated carbocycles. The van der Waals surface area contributed by atoms with Gasteiger partial charge in [-0.25, -0.2) is 14.6 Å². The summed E-state index contributed by atoms with van der Waals surface area (Å²) in [5.41, 5.74) is 1.15. The second-order valence-electron chi connectivity index (χ2n) is 8.37. The lowest BCUT2D eigenvalue weighted by Crippen LogP contribution is -2.37. The van der Waals surface area contributed by atoms with Gasteiger partial charge < -0.3 is 29.2 Å². The van der Waals surface area contributed by atoms with Crippen molar-refractivity contribution < 1.29 is 23.7 Å². The maximum atomic E-state index is 12.9. The monoisotopic (exact) mass is 516 g/mol. The van der Waals surface area contributed by atoms with Crippen LogP contribution in [0, 0.1) is 0 Å². The highest BCUT2D eigenvalue weighted by Crippen LogP contribution is 2.38. The molecule has 3 heterocycles. The highest BCUT2D eigenvalue weighted by molar-refractivity contribution is 7.99. The molecule has 2 aromatic heterocycles. The molecule has 3 aromatic rings. The summed E-state index contributed by atoms with van der Waals surface area (Å²) in [6.07, 6.45) is 1.80. The Morgan fingerprint density at radius 2 is 1.81 bits per heavy atom. The quantitative estimate of drug-likeness (QED) is 0.319. The lowest BCUT2D eigenvalue weighted by Gasteiger charge is -2.28. The van der Waals surface area contributed by atoms with Crippen LogP contribution in [0.25, 0.3) is 11.0 Å². The molecule has 4 rings (SSSR count). The van der Waals surface area contributed by atoms with E-state index in [1.54, 1.807) is 34.8 Å². The van der Waals surface area contributed by atoms with Crippen LogP contribution in [0.15, 0.2) is 23.5 Å².